The summed E-state index contributed by atoms with van der Waals surface area (Å²) in [6, 6.07) is 2.96. The molecule has 0 bridgehead atoms. The van der Waals surface area contributed by atoms with E-state index in [0.29, 0.717) is 6.42 Å². The van der Waals surface area contributed by atoms with Crippen molar-refractivity contribution < 1.29 is 13.6 Å². The Balaban J connectivity index is 2.00. The van der Waals surface area contributed by atoms with E-state index in [1.165, 1.54) is 12.1 Å². The van der Waals surface area contributed by atoms with Gasteiger partial charge in [-0.25, -0.2) is 8.78 Å². The van der Waals surface area contributed by atoms with E-state index in [9.17, 15) is 13.6 Å². The Bertz CT molecular complexity index is 479. The fourth-order valence-corrected chi connectivity index (χ4v) is 2.52. The first-order valence-corrected chi connectivity index (χ1v) is 6.48. The summed E-state index contributed by atoms with van der Waals surface area (Å²) < 4.78 is 26.4. The molecule has 2 rings (SSSR count). The smallest absolute Gasteiger partial charge is 0.223 e. The minimum atomic E-state index is -0.643. The van der Waals surface area contributed by atoms with Crippen LogP contribution in [0.5, 0.6) is 0 Å². The van der Waals surface area contributed by atoms with Crippen molar-refractivity contribution in [2.75, 3.05) is 0 Å². The molecule has 1 amide bonds. The molecule has 0 heterocycles. The van der Waals surface area contributed by atoms with Crippen molar-refractivity contribution in [1.82, 2.24) is 5.32 Å². The van der Waals surface area contributed by atoms with Gasteiger partial charge in [0.2, 0.25) is 5.91 Å². The van der Waals surface area contributed by atoms with Gasteiger partial charge in [-0.05, 0) is 32.3 Å². The fraction of sp³-hybridized carbons (Fsp3) is 0.500. The maximum Gasteiger partial charge on any atom is 0.223 e. The molecule has 1 saturated carbocycles. The number of carbonyl (C=O) groups excluding carboxylic acids is 1. The first-order chi connectivity index (χ1) is 8.97. The van der Waals surface area contributed by atoms with Crippen LogP contribution < -0.4 is 11.1 Å². The number of nitrogens with one attached hydrogen (secondary N) is 1. The van der Waals surface area contributed by atoms with E-state index in [2.05, 4.69) is 5.32 Å². The normalized spacial score (nSPS) is 24.2. The molecule has 3 N–H and O–H groups in total. The van der Waals surface area contributed by atoms with Gasteiger partial charge in [-0.2, -0.15) is 0 Å². The Morgan fingerprint density at radius 2 is 2.16 bits per heavy atom. The number of carbonyl (C=O) groups is 1. The first kappa shape index (κ1) is 13.9. The zero-order valence-corrected chi connectivity index (χ0v) is 10.8. The second-order valence-electron chi connectivity index (χ2n) is 5.17. The Kier molecular flexibility index (Phi) is 4.14. The van der Waals surface area contributed by atoms with Crippen LogP contribution in [0.4, 0.5) is 8.78 Å². The number of hydrogen-bond acceptors (Lipinski definition) is 2. The minimum absolute atomic E-state index is 0.0774. The largest absolute Gasteiger partial charge is 0.349 e. The molecule has 104 valence electrons. The molecule has 19 heavy (non-hydrogen) atoms. The number of hydrogen-bond donors (Lipinski definition) is 2. The summed E-state index contributed by atoms with van der Waals surface area (Å²) in [6.07, 6.45) is 2.29. The van der Waals surface area contributed by atoms with E-state index in [0.717, 1.165) is 18.9 Å². The average molecular weight is 268 g/mol. The highest BCUT2D eigenvalue weighted by atomic mass is 19.1. The van der Waals surface area contributed by atoms with Crippen molar-refractivity contribution in [3.63, 3.8) is 0 Å². The van der Waals surface area contributed by atoms with Gasteiger partial charge in [0.25, 0.3) is 0 Å². The van der Waals surface area contributed by atoms with E-state index >= 15 is 0 Å². The highest BCUT2D eigenvalue weighted by molar-refractivity contribution is 5.79. The maximum atomic E-state index is 13.6. The second kappa shape index (κ2) is 5.65. The Morgan fingerprint density at radius 1 is 1.42 bits per heavy atom. The van der Waals surface area contributed by atoms with Gasteiger partial charge in [0.1, 0.15) is 11.6 Å². The number of rotatable bonds is 3. The van der Waals surface area contributed by atoms with Gasteiger partial charge in [0.05, 0.1) is 6.04 Å². The van der Waals surface area contributed by atoms with Crippen molar-refractivity contribution >= 4 is 5.91 Å². The predicted molar refractivity (Wildman–Crippen MR) is 68.2 cm³/mol. The summed E-state index contributed by atoms with van der Waals surface area (Å²) in [5.74, 6) is -1.47. The van der Waals surface area contributed by atoms with Crippen LogP contribution in [0, 0.1) is 17.6 Å². The summed E-state index contributed by atoms with van der Waals surface area (Å²) >= 11 is 0. The van der Waals surface area contributed by atoms with Crippen LogP contribution in [0.3, 0.4) is 0 Å². The lowest BCUT2D eigenvalue weighted by atomic mass is 10.0. The van der Waals surface area contributed by atoms with E-state index in [1.54, 1.807) is 6.92 Å². The number of halogens is 2. The molecule has 3 atom stereocenters. The number of nitrogens with two attached hydrogens (primary N) is 1. The summed E-state index contributed by atoms with van der Waals surface area (Å²) in [5.41, 5.74) is 6.05. The summed E-state index contributed by atoms with van der Waals surface area (Å²) in [6.45, 7) is 1.68. The summed E-state index contributed by atoms with van der Waals surface area (Å²) in [4.78, 5) is 12.0. The molecule has 0 spiro atoms. The highest BCUT2D eigenvalue weighted by Crippen LogP contribution is 2.25. The van der Waals surface area contributed by atoms with E-state index in [4.69, 9.17) is 5.73 Å². The van der Waals surface area contributed by atoms with Crippen molar-refractivity contribution in [3.05, 3.63) is 35.4 Å². The molecule has 0 aliphatic heterocycles. The third-order valence-electron chi connectivity index (χ3n) is 3.63. The Morgan fingerprint density at radius 3 is 2.74 bits per heavy atom. The summed E-state index contributed by atoms with van der Waals surface area (Å²) in [7, 11) is 0. The monoisotopic (exact) mass is 268 g/mol. The number of amides is 1. The molecule has 3 unspecified atom stereocenters. The Hall–Kier alpha value is -1.49. The number of benzene rings is 1. The summed E-state index contributed by atoms with van der Waals surface area (Å²) in [5, 5.41) is 2.76. The van der Waals surface area contributed by atoms with Crippen molar-refractivity contribution in [2.45, 2.75) is 38.3 Å². The van der Waals surface area contributed by atoms with Crippen LogP contribution in [0.1, 0.15) is 37.8 Å². The average Bonchev–Trinajstić information content (AvgIpc) is 2.75. The van der Waals surface area contributed by atoms with Crippen LogP contribution in [0.15, 0.2) is 18.2 Å². The predicted octanol–water partition coefficient (Wildman–Crippen LogP) is 2.27. The molecule has 3 nitrogen and oxygen atoms in total. The van der Waals surface area contributed by atoms with Crippen LogP contribution in [-0.4, -0.2) is 11.9 Å². The molecule has 5 heteroatoms. The third kappa shape index (κ3) is 3.29. The van der Waals surface area contributed by atoms with Gasteiger partial charge in [-0.15, -0.1) is 0 Å². The van der Waals surface area contributed by atoms with Crippen molar-refractivity contribution in [2.24, 2.45) is 11.7 Å². The van der Waals surface area contributed by atoms with Gasteiger partial charge in [0, 0.05) is 23.6 Å². The molecular weight excluding hydrogens is 250 g/mol. The van der Waals surface area contributed by atoms with E-state index in [-0.39, 0.29) is 23.4 Å². The molecule has 1 aromatic carbocycles. The van der Waals surface area contributed by atoms with Crippen molar-refractivity contribution in [3.8, 4) is 0 Å². The van der Waals surface area contributed by atoms with Gasteiger partial charge in [0.15, 0.2) is 0 Å². The molecule has 1 fully saturated rings. The van der Waals surface area contributed by atoms with Crippen LogP contribution in [0.25, 0.3) is 0 Å². The van der Waals surface area contributed by atoms with Gasteiger partial charge in [-0.1, -0.05) is 6.07 Å². The van der Waals surface area contributed by atoms with Gasteiger partial charge in [-0.3, -0.25) is 4.79 Å². The van der Waals surface area contributed by atoms with Gasteiger partial charge >= 0.3 is 0 Å². The molecule has 1 aliphatic carbocycles. The zero-order valence-electron chi connectivity index (χ0n) is 10.8. The second-order valence-corrected chi connectivity index (χ2v) is 5.17. The Labute approximate surface area is 111 Å². The molecule has 0 radical (unpaired) electrons. The maximum absolute atomic E-state index is 13.6. The lowest BCUT2D eigenvalue weighted by Gasteiger charge is -2.18. The minimum Gasteiger partial charge on any atom is -0.349 e. The molecule has 1 aliphatic rings. The lowest BCUT2D eigenvalue weighted by molar-refractivity contribution is -0.125. The quantitative estimate of drug-likeness (QED) is 0.883. The van der Waals surface area contributed by atoms with Crippen LogP contribution in [0.2, 0.25) is 0 Å². The van der Waals surface area contributed by atoms with Crippen molar-refractivity contribution in [1.29, 1.82) is 0 Å². The molecule has 0 saturated heterocycles. The third-order valence-corrected chi connectivity index (χ3v) is 3.63. The van der Waals surface area contributed by atoms with E-state index in [1.807, 2.05) is 0 Å². The lowest BCUT2D eigenvalue weighted by Crippen LogP contribution is -2.32. The molecular formula is C14H18F2N2O. The highest BCUT2D eigenvalue weighted by Gasteiger charge is 2.28. The standard InChI is InChI=1S/C14H18F2N2O/c1-8(12-5-3-10(15)7-13(12)16)18-14(19)9-2-4-11(17)6-9/h3,5,7-9,11H,2,4,6,17H2,1H3,(H,18,19). The molecule has 1 aromatic rings. The SMILES string of the molecule is CC(NC(=O)C1CCC(N)C1)c1ccc(F)cc1F. The zero-order chi connectivity index (χ0) is 14.0. The first-order valence-electron chi connectivity index (χ1n) is 6.48. The molecule has 0 aromatic heterocycles. The van der Waals surface area contributed by atoms with Gasteiger partial charge < -0.3 is 11.1 Å². The fourth-order valence-electron chi connectivity index (χ4n) is 2.52. The van der Waals surface area contributed by atoms with E-state index < -0.39 is 17.7 Å². The van der Waals surface area contributed by atoms with Crippen LogP contribution in [-0.2, 0) is 4.79 Å². The topological polar surface area (TPSA) is 55.1 Å². The van der Waals surface area contributed by atoms with Crippen LogP contribution >= 0.6 is 0 Å².